The van der Waals surface area contributed by atoms with E-state index in [4.69, 9.17) is 12.2 Å². The summed E-state index contributed by atoms with van der Waals surface area (Å²) in [6.07, 6.45) is 0. The van der Waals surface area contributed by atoms with Crippen LogP contribution in [0.4, 0.5) is 15.8 Å². The van der Waals surface area contributed by atoms with Gasteiger partial charge in [-0.2, -0.15) is 0 Å². The molecule has 0 aliphatic carbocycles. The van der Waals surface area contributed by atoms with Crippen molar-refractivity contribution in [1.82, 2.24) is 5.43 Å². The first-order chi connectivity index (χ1) is 9.13. The highest BCUT2D eigenvalue weighted by atomic mass is 32.1. The maximum atomic E-state index is 12.7. The lowest BCUT2D eigenvalue weighted by Gasteiger charge is -2.12. The van der Waals surface area contributed by atoms with Crippen molar-refractivity contribution in [3.63, 3.8) is 0 Å². The van der Waals surface area contributed by atoms with Crippen LogP contribution in [0.15, 0.2) is 48.5 Å². The summed E-state index contributed by atoms with van der Waals surface area (Å²) in [4.78, 5) is 0. The van der Waals surface area contributed by atoms with Crippen molar-refractivity contribution in [2.75, 3.05) is 10.7 Å². The Bertz CT molecular complexity index is 552. The molecule has 0 bridgehead atoms. The van der Waals surface area contributed by atoms with Crippen LogP contribution >= 0.6 is 12.2 Å². The summed E-state index contributed by atoms with van der Waals surface area (Å²) in [5.41, 5.74) is 8.66. The van der Waals surface area contributed by atoms with Crippen molar-refractivity contribution in [3.05, 3.63) is 59.9 Å². The molecule has 0 unspecified atom stereocenters. The Morgan fingerprint density at radius 3 is 2.16 bits per heavy atom. The fraction of sp³-hybridized carbons (Fsp3) is 0.0714. The molecule has 0 aromatic heterocycles. The van der Waals surface area contributed by atoms with E-state index in [1.165, 1.54) is 17.7 Å². The van der Waals surface area contributed by atoms with Crippen LogP contribution in [0.25, 0.3) is 0 Å². The number of benzene rings is 2. The van der Waals surface area contributed by atoms with Crippen LogP contribution in [0.1, 0.15) is 5.56 Å². The van der Waals surface area contributed by atoms with Crippen molar-refractivity contribution < 1.29 is 4.39 Å². The van der Waals surface area contributed by atoms with Crippen LogP contribution in [0.3, 0.4) is 0 Å². The van der Waals surface area contributed by atoms with Crippen LogP contribution < -0.4 is 16.2 Å². The number of rotatable bonds is 3. The van der Waals surface area contributed by atoms with E-state index in [0.717, 1.165) is 11.4 Å². The average molecular weight is 275 g/mol. The maximum absolute atomic E-state index is 12.7. The fourth-order valence-electron chi connectivity index (χ4n) is 1.46. The molecule has 3 N–H and O–H groups in total. The van der Waals surface area contributed by atoms with Crippen molar-refractivity contribution in [3.8, 4) is 0 Å². The van der Waals surface area contributed by atoms with E-state index in [-0.39, 0.29) is 5.82 Å². The van der Waals surface area contributed by atoms with Crippen LogP contribution in [0.2, 0.25) is 0 Å². The van der Waals surface area contributed by atoms with Gasteiger partial charge < -0.3 is 5.32 Å². The van der Waals surface area contributed by atoms with E-state index in [9.17, 15) is 4.39 Å². The summed E-state index contributed by atoms with van der Waals surface area (Å²) in [6.45, 7) is 2.03. The number of hydrogen-bond acceptors (Lipinski definition) is 2. The van der Waals surface area contributed by atoms with Gasteiger partial charge in [-0.05, 0) is 55.5 Å². The summed E-state index contributed by atoms with van der Waals surface area (Å²) < 4.78 is 12.7. The molecule has 0 saturated carbocycles. The molecular weight excluding hydrogens is 261 g/mol. The van der Waals surface area contributed by atoms with Crippen LogP contribution in [-0.4, -0.2) is 5.11 Å². The number of anilines is 2. The standard InChI is InChI=1S/C14H14FN3S/c1-10-2-6-13(7-3-10)17-18-14(19)16-12-8-4-11(15)5-9-12/h2-9,17H,1H3,(H2,16,18,19). The first-order valence-electron chi connectivity index (χ1n) is 5.79. The van der Waals surface area contributed by atoms with E-state index in [0.29, 0.717) is 5.11 Å². The molecule has 19 heavy (non-hydrogen) atoms. The van der Waals surface area contributed by atoms with Crippen molar-refractivity contribution in [2.24, 2.45) is 0 Å². The molecule has 0 aliphatic heterocycles. The molecular formula is C14H14FN3S. The summed E-state index contributed by atoms with van der Waals surface area (Å²) in [6, 6.07) is 13.9. The maximum Gasteiger partial charge on any atom is 0.189 e. The predicted octanol–water partition coefficient (Wildman–Crippen LogP) is 3.45. The minimum atomic E-state index is -0.276. The SMILES string of the molecule is Cc1ccc(NNC(=S)Nc2ccc(F)cc2)cc1. The molecule has 2 rings (SSSR count). The summed E-state index contributed by atoms with van der Waals surface area (Å²) in [5, 5.41) is 3.35. The quantitative estimate of drug-likeness (QED) is 0.592. The molecule has 0 heterocycles. The summed E-state index contributed by atoms with van der Waals surface area (Å²) >= 11 is 5.12. The lowest BCUT2D eigenvalue weighted by molar-refractivity contribution is 0.628. The van der Waals surface area contributed by atoms with Gasteiger partial charge in [-0.25, -0.2) is 4.39 Å². The number of hydrogen-bond donors (Lipinski definition) is 3. The highest BCUT2D eigenvalue weighted by Gasteiger charge is 1.97. The number of halogens is 1. The largest absolute Gasteiger partial charge is 0.331 e. The Hall–Kier alpha value is -2.14. The molecule has 2 aromatic carbocycles. The van der Waals surface area contributed by atoms with Crippen LogP contribution in [0.5, 0.6) is 0 Å². The van der Waals surface area contributed by atoms with E-state index in [1.54, 1.807) is 12.1 Å². The zero-order valence-electron chi connectivity index (χ0n) is 10.4. The number of aryl methyl sites for hydroxylation is 1. The topological polar surface area (TPSA) is 36.1 Å². The van der Waals surface area contributed by atoms with Gasteiger partial charge in [0, 0.05) is 5.69 Å². The normalized spacial score (nSPS) is 9.79. The Morgan fingerprint density at radius 1 is 0.947 bits per heavy atom. The second-order valence-electron chi connectivity index (χ2n) is 4.08. The molecule has 98 valence electrons. The third-order valence-electron chi connectivity index (χ3n) is 2.47. The van der Waals surface area contributed by atoms with Gasteiger partial charge in [-0.3, -0.25) is 10.9 Å². The Kier molecular flexibility index (Phi) is 4.30. The second-order valence-corrected chi connectivity index (χ2v) is 4.49. The van der Waals surface area contributed by atoms with E-state index < -0.39 is 0 Å². The minimum Gasteiger partial charge on any atom is -0.331 e. The van der Waals surface area contributed by atoms with Crippen molar-refractivity contribution in [2.45, 2.75) is 6.92 Å². The van der Waals surface area contributed by atoms with Crippen molar-refractivity contribution in [1.29, 1.82) is 0 Å². The molecule has 0 spiro atoms. The molecule has 0 aliphatic rings. The minimum absolute atomic E-state index is 0.276. The first kappa shape index (κ1) is 13.3. The van der Waals surface area contributed by atoms with Gasteiger partial charge in [-0.15, -0.1) is 0 Å². The molecule has 2 aromatic rings. The zero-order chi connectivity index (χ0) is 13.7. The third kappa shape index (κ3) is 4.22. The van der Waals surface area contributed by atoms with Gasteiger partial charge in [0.05, 0.1) is 5.69 Å². The van der Waals surface area contributed by atoms with E-state index in [1.807, 2.05) is 31.2 Å². The summed E-state index contributed by atoms with van der Waals surface area (Å²) in [7, 11) is 0. The highest BCUT2D eigenvalue weighted by Crippen LogP contribution is 2.09. The van der Waals surface area contributed by atoms with Gasteiger partial charge in [0.1, 0.15) is 5.82 Å². The second kappa shape index (κ2) is 6.15. The Balaban J connectivity index is 1.84. The van der Waals surface area contributed by atoms with Gasteiger partial charge in [-0.1, -0.05) is 17.7 Å². The molecule has 0 atom stereocenters. The molecule has 0 saturated heterocycles. The van der Waals surface area contributed by atoms with Crippen molar-refractivity contribution >= 4 is 28.7 Å². The van der Waals surface area contributed by atoms with Gasteiger partial charge in [0.2, 0.25) is 0 Å². The smallest absolute Gasteiger partial charge is 0.189 e. The Morgan fingerprint density at radius 2 is 1.53 bits per heavy atom. The predicted molar refractivity (Wildman–Crippen MR) is 80.6 cm³/mol. The number of hydrazine groups is 1. The van der Waals surface area contributed by atoms with E-state index in [2.05, 4.69) is 16.2 Å². The Labute approximate surface area is 116 Å². The summed E-state index contributed by atoms with van der Waals surface area (Å²) in [5.74, 6) is -0.276. The fourth-order valence-corrected chi connectivity index (χ4v) is 1.63. The first-order valence-corrected chi connectivity index (χ1v) is 6.19. The average Bonchev–Trinajstić information content (AvgIpc) is 2.41. The van der Waals surface area contributed by atoms with Crippen LogP contribution in [-0.2, 0) is 0 Å². The zero-order valence-corrected chi connectivity index (χ0v) is 11.2. The number of nitrogens with one attached hydrogen (secondary N) is 3. The van der Waals surface area contributed by atoms with Gasteiger partial charge in [0.25, 0.3) is 0 Å². The molecule has 0 radical (unpaired) electrons. The lowest BCUT2D eigenvalue weighted by atomic mass is 10.2. The van der Waals surface area contributed by atoms with Crippen LogP contribution in [0, 0.1) is 12.7 Å². The molecule has 3 nitrogen and oxygen atoms in total. The third-order valence-corrected chi connectivity index (χ3v) is 2.68. The highest BCUT2D eigenvalue weighted by molar-refractivity contribution is 7.80. The monoisotopic (exact) mass is 275 g/mol. The number of thiocarbonyl (C=S) groups is 1. The molecule has 5 heteroatoms. The molecule has 0 amide bonds. The van der Waals surface area contributed by atoms with Gasteiger partial charge >= 0.3 is 0 Å². The van der Waals surface area contributed by atoms with Gasteiger partial charge in [0.15, 0.2) is 5.11 Å². The lowest BCUT2D eigenvalue weighted by Crippen LogP contribution is -2.33. The van der Waals surface area contributed by atoms with E-state index >= 15 is 0 Å². The molecule has 0 fully saturated rings.